The summed E-state index contributed by atoms with van der Waals surface area (Å²) in [7, 11) is 2.19. The molecule has 94 valence electrons. The second-order valence-corrected chi connectivity index (χ2v) is 5.30. The zero-order valence-electron chi connectivity index (χ0n) is 11.5. The largest absolute Gasteiger partial charge is 0.373 e. The van der Waals surface area contributed by atoms with Gasteiger partial charge in [-0.3, -0.25) is 0 Å². The van der Waals surface area contributed by atoms with Gasteiger partial charge in [-0.15, -0.1) is 0 Å². The standard InChI is InChI=1S/C15H24N2/c1-11-5-8-15(13(3)12(11)2)17(4)10-9-16-14-6-7-14/h5,8,14,16H,6-7,9-10H2,1-4H3. The van der Waals surface area contributed by atoms with Crippen molar-refractivity contribution in [1.29, 1.82) is 0 Å². The van der Waals surface area contributed by atoms with E-state index in [1.165, 1.54) is 35.2 Å². The lowest BCUT2D eigenvalue weighted by Crippen LogP contribution is -2.30. The van der Waals surface area contributed by atoms with Gasteiger partial charge in [0, 0.05) is 31.9 Å². The molecular formula is C15H24N2. The molecule has 0 spiro atoms. The molecule has 0 aliphatic heterocycles. The van der Waals surface area contributed by atoms with E-state index in [-0.39, 0.29) is 0 Å². The summed E-state index contributed by atoms with van der Waals surface area (Å²) in [5.74, 6) is 0. The van der Waals surface area contributed by atoms with Crippen molar-refractivity contribution in [2.24, 2.45) is 0 Å². The summed E-state index contributed by atoms with van der Waals surface area (Å²) in [5.41, 5.74) is 5.59. The number of nitrogens with zero attached hydrogens (tertiary/aromatic N) is 1. The molecule has 0 atom stereocenters. The monoisotopic (exact) mass is 232 g/mol. The highest BCUT2D eigenvalue weighted by Crippen LogP contribution is 2.24. The van der Waals surface area contributed by atoms with E-state index in [0.29, 0.717) is 0 Å². The molecule has 0 radical (unpaired) electrons. The molecule has 0 bridgehead atoms. The quantitative estimate of drug-likeness (QED) is 0.840. The van der Waals surface area contributed by atoms with Crippen molar-refractivity contribution in [3.05, 3.63) is 28.8 Å². The van der Waals surface area contributed by atoms with Crippen molar-refractivity contribution in [1.82, 2.24) is 5.32 Å². The Balaban J connectivity index is 1.97. The number of hydrogen-bond acceptors (Lipinski definition) is 2. The van der Waals surface area contributed by atoms with Crippen LogP contribution in [0.1, 0.15) is 29.5 Å². The number of rotatable bonds is 5. The van der Waals surface area contributed by atoms with Gasteiger partial charge in [-0.1, -0.05) is 6.07 Å². The van der Waals surface area contributed by atoms with Crippen molar-refractivity contribution >= 4 is 5.69 Å². The Labute approximate surface area is 105 Å². The minimum Gasteiger partial charge on any atom is -0.373 e. The van der Waals surface area contributed by atoms with E-state index >= 15 is 0 Å². The first-order valence-corrected chi connectivity index (χ1v) is 6.61. The van der Waals surface area contributed by atoms with E-state index in [1.54, 1.807) is 0 Å². The Morgan fingerprint density at radius 2 is 1.88 bits per heavy atom. The number of nitrogens with one attached hydrogen (secondary N) is 1. The van der Waals surface area contributed by atoms with Crippen LogP contribution in [0, 0.1) is 20.8 Å². The molecular weight excluding hydrogens is 208 g/mol. The van der Waals surface area contributed by atoms with Gasteiger partial charge < -0.3 is 10.2 Å². The van der Waals surface area contributed by atoms with Gasteiger partial charge in [0.05, 0.1) is 0 Å². The molecule has 0 saturated heterocycles. The Kier molecular flexibility index (Phi) is 3.72. The summed E-state index contributed by atoms with van der Waals surface area (Å²) < 4.78 is 0. The fourth-order valence-corrected chi connectivity index (χ4v) is 2.20. The van der Waals surface area contributed by atoms with Gasteiger partial charge in [-0.2, -0.15) is 0 Å². The summed E-state index contributed by atoms with van der Waals surface area (Å²) in [6, 6.07) is 5.28. The van der Waals surface area contributed by atoms with E-state index in [4.69, 9.17) is 0 Å². The van der Waals surface area contributed by atoms with E-state index in [2.05, 4.69) is 50.2 Å². The van der Waals surface area contributed by atoms with Gasteiger partial charge in [0.2, 0.25) is 0 Å². The van der Waals surface area contributed by atoms with E-state index in [1.807, 2.05) is 0 Å². The smallest absolute Gasteiger partial charge is 0.0396 e. The topological polar surface area (TPSA) is 15.3 Å². The van der Waals surface area contributed by atoms with E-state index in [9.17, 15) is 0 Å². The molecule has 1 fully saturated rings. The third-order valence-electron chi connectivity index (χ3n) is 3.90. The molecule has 0 heterocycles. The van der Waals surface area contributed by atoms with Crippen LogP contribution < -0.4 is 10.2 Å². The minimum absolute atomic E-state index is 0.809. The molecule has 1 saturated carbocycles. The average molecular weight is 232 g/mol. The lowest BCUT2D eigenvalue weighted by atomic mass is 10.0. The highest BCUT2D eigenvalue weighted by Gasteiger charge is 2.19. The number of aryl methyl sites for hydroxylation is 1. The molecule has 0 aromatic heterocycles. The lowest BCUT2D eigenvalue weighted by molar-refractivity contribution is 0.674. The molecule has 2 nitrogen and oxygen atoms in total. The summed E-state index contributed by atoms with van der Waals surface area (Å²) in [5, 5.41) is 3.56. The molecule has 1 N–H and O–H groups in total. The minimum atomic E-state index is 0.809. The van der Waals surface area contributed by atoms with E-state index < -0.39 is 0 Å². The van der Waals surface area contributed by atoms with Gasteiger partial charge in [0.1, 0.15) is 0 Å². The van der Waals surface area contributed by atoms with Crippen molar-refractivity contribution in [3.63, 3.8) is 0 Å². The van der Waals surface area contributed by atoms with Crippen LogP contribution in [-0.2, 0) is 0 Å². The van der Waals surface area contributed by atoms with Crippen LogP contribution in [0.25, 0.3) is 0 Å². The maximum absolute atomic E-state index is 3.56. The number of anilines is 1. The van der Waals surface area contributed by atoms with Crippen LogP contribution in [0.2, 0.25) is 0 Å². The number of hydrogen-bond donors (Lipinski definition) is 1. The van der Waals surface area contributed by atoms with Crippen LogP contribution in [0.15, 0.2) is 12.1 Å². The van der Waals surface area contributed by atoms with Crippen LogP contribution >= 0.6 is 0 Å². The second-order valence-electron chi connectivity index (χ2n) is 5.30. The SMILES string of the molecule is Cc1ccc(N(C)CCNC2CC2)c(C)c1C. The van der Waals surface area contributed by atoms with Gasteiger partial charge in [-0.25, -0.2) is 0 Å². The highest BCUT2D eigenvalue weighted by molar-refractivity contribution is 5.57. The van der Waals surface area contributed by atoms with Crippen LogP contribution in [-0.4, -0.2) is 26.2 Å². The number of benzene rings is 1. The van der Waals surface area contributed by atoms with Gasteiger partial charge in [-0.05, 0) is 56.4 Å². The lowest BCUT2D eigenvalue weighted by Gasteiger charge is -2.23. The zero-order chi connectivity index (χ0) is 12.4. The first-order chi connectivity index (χ1) is 8.09. The van der Waals surface area contributed by atoms with Crippen LogP contribution in [0.3, 0.4) is 0 Å². The fraction of sp³-hybridized carbons (Fsp3) is 0.600. The molecule has 2 heteroatoms. The Morgan fingerprint density at radius 3 is 2.53 bits per heavy atom. The Bertz CT molecular complexity index is 394. The van der Waals surface area contributed by atoms with Crippen molar-refractivity contribution < 1.29 is 0 Å². The molecule has 0 amide bonds. The molecule has 1 aromatic carbocycles. The third-order valence-corrected chi connectivity index (χ3v) is 3.90. The molecule has 17 heavy (non-hydrogen) atoms. The first-order valence-electron chi connectivity index (χ1n) is 6.61. The van der Waals surface area contributed by atoms with Crippen LogP contribution in [0.4, 0.5) is 5.69 Å². The van der Waals surface area contributed by atoms with Gasteiger partial charge in [0.15, 0.2) is 0 Å². The van der Waals surface area contributed by atoms with Crippen molar-refractivity contribution in [2.45, 2.75) is 39.7 Å². The fourth-order valence-electron chi connectivity index (χ4n) is 2.20. The average Bonchev–Trinajstić information content (AvgIpc) is 3.10. The zero-order valence-corrected chi connectivity index (χ0v) is 11.5. The molecule has 2 rings (SSSR count). The van der Waals surface area contributed by atoms with Crippen molar-refractivity contribution in [3.8, 4) is 0 Å². The summed E-state index contributed by atoms with van der Waals surface area (Å²) in [6.07, 6.45) is 2.73. The first kappa shape index (κ1) is 12.4. The molecule has 1 aliphatic rings. The predicted molar refractivity (Wildman–Crippen MR) is 74.9 cm³/mol. The Hall–Kier alpha value is -1.02. The second kappa shape index (κ2) is 5.09. The third kappa shape index (κ3) is 3.01. The normalized spacial score (nSPS) is 15.1. The maximum Gasteiger partial charge on any atom is 0.0396 e. The molecule has 0 unspecified atom stereocenters. The maximum atomic E-state index is 3.56. The summed E-state index contributed by atoms with van der Waals surface area (Å²) in [4.78, 5) is 2.36. The van der Waals surface area contributed by atoms with Gasteiger partial charge in [0.25, 0.3) is 0 Å². The predicted octanol–water partition coefficient (Wildman–Crippen LogP) is 2.80. The summed E-state index contributed by atoms with van der Waals surface area (Å²) >= 11 is 0. The highest BCUT2D eigenvalue weighted by atomic mass is 15.1. The summed E-state index contributed by atoms with van der Waals surface area (Å²) in [6.45, 7) is 8.79. The number of likely N-dealkylation sites (N-methyl/N-ethyl adjacent to an activating group) is 1. The van der Waals surface area contributed by atoms with Crippen molar-refractivity contribution in [2.75, 3.05) is 25.0 Å². The molecule has 1 aliphatic carbocycles. The molecule has 1 aromatic rings. The van der Waals surface area contributed by atoms with Crippen LogP contribution in [0.5, 0.6) is 0 Å². The Morgan fingerprint density at radius 1 is 1.18 bits per heavy atom. The van der Waals surface area contributed by atoms with Gasteiger partial charge >= 0.3 is 0 Å². The van der Waals surface area contributed by atoms with E-state index in [0.717, 1.165) is 19.1 Å².